The molecule has 1 aromatic rings. The van der Waals surface area contributed by atoms with E-state index >= 15 is 0 Å². The average Bonchev–Trinajstić information content (AvgIpc) is 2.77. The highest BCUT2D eigenvalue weighted by Crippen LogP contribution is 2.50. The molecule has 0 saturated heterocycles. The zero-order valence-corrected chi connectivity index (χ0v) is 21.8. The van der Waals surface area contributed by atoms with Gasteiger partial charge >= 0.3 is 0 Å². The normalized spacial score (nSPS) is 18.5. The lowest BCUT2D eigenvalue weighted by atomic mass is 9.69. The van der Waals surface area contributed by atoms with Gasteiger partial charge in [-0.2, -0.15) is 0 Å². The molecule has 2 heterocycles. The van der Waals surface area contributed by atoms with E-state index in [4.69, 9.17) is 16.3 Å². The minimum atomic E-state index is -0.293. The van der Waals surface area contributed by atoms with Crippen LogP contribution in [0.1, 0.15) is 53.4 Å². The molecule has 1 aliphatic heterocycles. The third-order valence-electron chi connectivity index (χ3n) is 5.81. The summed E-state index contributed by atoms with van der Waals surface area (Å²) in [6.45, 7) is 16.8. The first kappa shape index (κ1) is 27.5. The van der Waals surface area contributed by atoms with Gasteiger partial charge in [0.2, 0.25) is 0 Å². The maximum absolute atomic E-state index is 10.7. The summed E-state index contributed by atoms with van der Waals surface area (Å²) in [4.78, 5) is 22.0. The first-order valence-electron chi connectivity index (χ1n) is 11.6. The van der Waals surface area contributed by atoms with Crippen molar-refractivity contribution in [1.82, 2.24) is 4.98 Å². The molecule has 0 spiro atoms. The molecule has 6 nitrogen and oxygen atoms in total. The van der Waals surface area contributed by atoms with Gasteiger partial charge in [0.1, 0.15) is 17.3 Å². The Balaban J connectivity index is 0.000000604. The number of carbonyl (C=O) groups excluding carboxylic acids is 1. The molecule has 0 atom stereocenters. The number of halogens is 1. The summed E-state index contributed by atoms with van der Waals surface area (Å²) in [5, 5.41) is 3.72. The SMILES string of the molecule is C=C/C(=C\C=C/C)C1(N2C(=C)C(=NCCC=O)Nc3ccc(Cl)nc32)CCC1.COC(C)(C)C. The fourth-order valence-electron chi connectivity index (χ4n) is 3.71. The Morgan fingerprint density at radius 1 is 1.38 bits per heavy atom. The molecule has 34 heavy (non-hydrogen) atoms. The van der Waals surface area contributed by atoms with Crippen molar-refractivity contribution in [2.24, 2.45) is 4.99 Å². The maximum Gasteiger partial charge on any atom is 0.159 e. The van der Waals surface area contributed by atoms with Gasteiger partial charge in [0, 0.05) is 20.1 Å². The van der Waals surface area contributed by atoms with Crippen molar-refractivity contribution in [3.8, 4) is 0 Å². The number of aldehydes is 1. The largest absolute Gasteiger partial charge is 0.379 e. The van der Waals surface area contributed by atoms with Gasteiger partial charge in [-0.05, 0) is 64.7 Å². The van der Waals surface area contributed by atoms with Gasteiger partial charge < -0.3 is 19.7 Å². The van der Waals surface area contributed by atoms with E-state index in [9.17, 15) is 4.79 Å². The van der Waals surface area contributed by atoms with Gasteiger partial charge in [0.25, 0.3) is 0 Å². The predicted octanol–water partition coefficient (Wildman–Crippen LogP) is 6.51. The lowest BCUT2D eigenvalue weighted by molar-refractivity contribution is -0.107. The third kappa shape index (κ3) is 6.45. The Morgan fingerprint density at radius 3 is 2.56 bits per heavy atom. The van der Waals surface area contributed by atoms with Crippen LogP contribution in [0.15, 0.2) is 65.9 Å². The number of allylic oxidation sites excluding steroid dienone is 3. The predicted molar refractivity (Wildman–Crippen MR) is 144 cm³/mol. The third-order valence-corrected chi connectivity index (χ3v) is 6.02. The van der Waals surface area contributed by atoms with E-state index in [0.29, 0.717) is 24.0 Å². The van der Waals surface area contributed by atoms with Gasteiger partial charge in [-0.25, -0.2) is 4.98 Å². The summed E-state index contributed by atoms with van der Waals surface area (Å²) in [5.41, 5.74) is 2.40. The Hall–Kier alpha value is -2.70. The Kier molecular flexibility index (Phi) is 9.83. The van der Waals surface area contributed by atoms with Crippen LogP contribution in [0.5, 0.6) is 0 Å². The van der Waals surface area contributed by atoms with E-state index in [2.05, 4.69) is 39.4 Å². The molecule has 0 aromatic carbocycles. The van der Waals surface area contributed by atoms with Crippen LogP contribution < -0.4 is 10.2 Å². The molecule has 2 aliphatic rings. The van der Waals surface area contributed by atoms with Crippen LogP contribution in [0.2, 0.25) is 5.15 Å². The van der Waals surface area contributed by atoms with Crippen molar-refractivity contribution in [2.75, 3.05) is 23.9 Å². The minimum Gasteiger partial charge on any atom is -0.379 e. The molecule has 7 heteroatoms. The number of pyridine rings is 1. The van der Waals surface area contributed by atoms with Gasteiger partial charge in [0.05, 0.1) is 22.5 Å². The number of nitrogens with one attached hydrogen (secondary N) is 1. The Bertz CT molecular complexity index is 985. The molecule has 3 rings (SSSR count). The fraction of sp³-hybridized carbons (Fsp3) is 0.444. The quantitative estimate of drug-likeness (QED) is 0.207. The number of amidine groups is 1. The Labute approximate surface area is 209 Å². The van der Waals surface area contributed by atoms with Crippen LogP contribution in [0.25, 0.3) is 0 Å². The van der Waals surface area contributed by atoms with Crippen LogP contribution in [0.4, 0.5) is 11.5 Å². The number of carbonyl (C=O) groups is 1. The maximum atomic E-state index is 10.7. The van der Waals surface area contributed by atoms with Crippen molar-refractivity contribution in [3.63, 3.8) is 0 Å². The van der Waals surface area contributed by atoms with Crippen LogP contribution in [-0.2, 0) is 9.53 Å². The lowest BCUT2D eigenvalue weighted by Crippen LogP contribution is -2.57. The molecule has 0 unspecified atom stereocenters. The number of anilines is 2. The zero-order valence-electron chi connectivity index (χ0n) is 21.0. The highest BCUT2D eigenvalue weighted by atomic mass is 35.5. The Morgan fingerprint density at radius 2 is 2.06 bits per heavy atom. The van der Waals surface area contributed by atoms with Gasteiger partial charge in [-0.1, -0.05) is 49.1 Å². The van der Waals surface area contributed by atoms with Crippen molar-refractivity contribution in [1.29, 1.82) is 0 Å². The molecule has 0 radical (unpaired) electrons. The summed E-state index contributed by atoms with van der Waals surface area (Å²) in [6.07, 6.45) is 12.3. The number of methoxy groups -OCH3 is 1. The summed E-state index contributed by atoms with van der Waals surface area (Å²) >= 11 is 6.23. The fourth-order valence-corrected chi connectivity index (χ4v) is 3.86. The number of nitrogens with zero attached hydrogens (tertiary/aromatic N) is 3. The van der Waals surface area contributed by atoms with E-state index in [-0.39, 0.29) is 11.1 Å². The van der Waals surface area contributed by atoms with E-state index < -0.39 is 0 Å². The highest BCUT2D eigenvalue weighted by Gasteiger charge is 2.49. The molecule has 1 aromatic heterocycles. The standard InChI is InChI=1S/C22H25ClN4O.C5H12O/c1-4-6-9-17(5-2)22(12-7-13-22)27-16(3)20(24-14-8-15-28)25-18-10-11-19(23)26-21(18)27;1-5(2,3)6-4/h4-6,9-11,15H,2-3,7-8,12-14H2,1H3,(H,24,25);1-4H3/b6-4-,17-9+;. The topological polar surface area (TPSA) is 66.8 Å². The first-order chi connectivity index (χ1) is 16.1. The number of ether oxygens (including phenoxy) is 1. The second-order valence-electron chi connectivity index (χ2n) is 9.15. The van der Waals surface area contributed by atoms with Crippen molar-refractivity contribution in [3.05, 3.63) is 66.0 Å². The van der Waals surface area contributed by atoms with Crippen LogP contribution >= 0.6 is 11.6 Å². The number of hydrogen-bond donors (Lipinski definition) is 1. The van der Waals surface area contributed by atoms with Gasteiger partial charge in [-0.3, -0.25) is 4.99 Å². The van der Waals surface area contributed by atoms with Gasteiger partial charge in [0.15, 0.2) is 5.82 Å². The number of rotatable bonds is 7. The molecule has 0 bridgehead atoms. The second-order valence-corrected chi connectivity index (χ2v) is 9.54. The summed E-state index contributed by atoms with van der Waals surface area (Å²) in [5.74, 6) is 1.39. The zero-order chi connectivity index (χ0) is 25.4. The van der Waals surface area contributed by atoms with Crippen LogP contribution in [-0.4, -0.2) is 41.9 Å². The number of aromatic nitrogens is 1. The summed E-state index contributed by atoms with van der Waals surface area (Å²) in [7, 11) is 1.71. The summed E-state index contributed by atoms with van der Waals surface area (Å²) in [6, 6.07) is 3.65. The van der Waals surface area contributed by atoms with Crippen molar-refractivity contribution in [2.45, 2.75) is 64.5 Å². The first-order valence-corrected chi connectivity index (χ1v) is 11.9. The molecular formula is C27H37ClN4O2. The molecular weight excluding hydrogens is 448 g/mol. The van der Waals surface area contributed by atoms with Crippen molar-refractivity contribution >= 4 is 35.2 Å². The highest BCUT2D eigenvalue weighted by molar-refractivity contribution is 6.29. The number of aliphatic imine (C=N–C) groups is 1. The molecule has 1 aliphatic carbocycles. The minimum absolute atomic E-state index is 0.0417. The monoisotopic (exact) mass is 484 g/mol. The van der Waals surface area contributed by atoms with E-state index in [1.807, 2.05) is 52.0 Å². The average molecular weight is 485 g/mol. The smallest absolute Gasteiger partial charge is 0.159 e. The number of hydrogen-bond acceptors (Lipinski definition) is 5. The van der Waals surface area contributed by atoms with E-state index in [0.717, 1.165) is 48.3 Å². The lowest BCUT2D eigenvalue weighted by Gasteiger charge is -2.54. The van der Waals surface area contributed by atoms with Crippen LogP contribution in [0, 0.1) is 0 Å². The van der Waals surface area contributed by atoms with E-state index in [1.165, 1.54) is 0 Å². The summed E-state index contributed by atoms with van der Waals surface area (Å²) < 4.78 is 4.94. The van der Waals surface area contributed by atoms with Crippen LogP contribution in [0.3, 0.4) is 0 Å². The second kappa shape index (κ2) is 12.1. The van der Waals surface area contributed by atoms with E-state index in [1.54, 1.807) is 13.2 Å². The molecule has 1 fully saturated rings. The molecule has 1 saturated carbocycles. The molecule has 0 amide bonds. The van der Waals surface area contributed by atoms with Crippen molar-refractivity contribution < 1.29 is 9.53 Å². The molecule has 1 N–H and O–H groups in total. The number of fused-ring (bicyclic) bond motifs is 1. The van der Waals surface area contributed by atoms with Gasteiger partial charge in [-0.15, -0.1) is 0 Å². The molecule has 184 valence electrons.